The molecule has 0 amide bonds. The molecular weight excluding hydrogens is 588 g/mol. The van der Waals surface area contributed by atoms with Crippen LogP contribution in [0.1, 0.15) is 38.1 Å². The fourth-order valence-corrected chi connectivity index (χ4v) is 4.13. The van der Waals surface area contributed by atoms with Crippen LogP contribution >= 0.6 is 15.9 Å². The van der Waals surface area contributed by atoms with Gasteiger partial charge in [0.15, 0.2) is 5.75 Å². The molecule has 13 nitrogen and oxygen atoms in total. The van der Waals surface area contributed by atoms with Gasteiger partial charge in [-0.3, -0.25) is 25.0 Å². The van der Waals surface area contributed by atoms with Gasteiger partial charge in [0.05, 0.1) is 33.6 Å². The summed E-state index contributed by atoms with van der Waals surface area (Å²) in [5, 5.41) is 27.6. The lowest BCUT2D eigenvalue weighted by Crippen LogP contribution is -2.22. The first-order chi connectivity index (χ1) is 19.2. The van der Waals surface area contributed by atoms with Crippen molar-refractivity contribution < 1.29 is 19.3 Å². The van der Waals surface area contributed by atoms with Crippen molar-refractivity contribution in [1.82, 2.24) is 14.6 Å². The third kappa shape index (κ3) is 6.29. The van der Waals surface area contributed by atoms with Gasteiger partial charge in [0, 0.05) is 34.7 Å². The van der Waals surface area contributed by atoms with Crippen LogP contribution in [0.5, 0.6) is 17.4 Å². The minimum Gasteiger partial charge on any atom is -0.490 e. The first-order valence-electron chi connectivity index (χ1n) is 12.2. The first kappa shape index (κ1) is 28.3. The van der Waals surface area contributed by atoms with E-state index in [-0.39, 0.29) is 40.8 Å². The number of hydrogen-bond donors (Lipinski definition) is 0. The van der Waals surface area contributed by atoms with Gasteiger partial charge in [0.1, 0.15) is 12.0 Å². The van der Waals surface area contributed by atoms with Crippen molar-refractivity contribution in [2.75, 3.05) is 6.61 Å². The van der Waals surface area contributed by atoms with E-state index in [9.17, 15) is 25.0 Å². The number of nitrogens with zero attached hydrogens (tertiary/aromatic N) is 6. The second-order valence-corrected chi connectivity index (χ2v) is 9.34. The molecule has 40 heavy (non-hydrogen) atoms. The second kappa shape index (κ2) is 12.4. The zero-order chi connectivity index (χ0) is 28.8. The van der Waals surface area contributed by atoms with Crippen molar-refractivity contribution in [1.29, 1.82) is 0 Å². The molecule has 206 valence electrons. The SMILES string of the molecule is CCCCc1nc2ccc(Br)cc2c(=O)n1N=Cc1cc(OCC)c(Oc2ccc([N+](=O)[O-])cn2)c([N+](=O)[O-])c1. The fraction of sp³-hybridized carbons (Fsp3) is 0.231. The third-order valence-corrected chi connectivity index (χ3v) is 6.14. The van der Waals surface area contributed by atoms with Crippen molar-refractivity contribution in [3.63, 3.8) is 0 Å². The maximum Gasteiger partial charge on any atom is 0.316 e. The van der Waals surface area contributed by atoms with Crippen LogP contribution in [0.25, 0.3) is 10.9 Å². The molecule has 0 spiro atoms. The summed E-state index contributed by atoms with van der Waals surface area (Å²) in [4.78, 5) is 43.4. The number of benzene rings is 2. The van der Waals surface area contributed by atoms with Crippen molar-refractivity contribution >= 4 is 44.4 Å². The number of pyridine rings is 1. The normalized spacial score (nSPS) is 11.2. The quantitative estimate of drug-likeness (QED) is 0.116. The Morgan fingerprint density at radius 2 is 1.90 bits per heavy atom. The molecule has 0 bridgehead atoms. The van der Waals surface area contributed by atoms with Crippen LogP contribution in [0.3, 0.4) is 0 Å². The number of aryl methyl sites for hydroxylation is 1. The highest BCUT2D eigenvalue weighted by Crippen LogP contribution is 2.40. The zero-order valence-corrected chi connectivity index (χ0v) is 23.0. The molecule has 0 aliphatic heterocycles. The fourth-order valence-electron chi connectivity index (χ4n) is 3.76. The summed E-state index contributed by atoms with van der Waals surface area (Å²) in [5.74, 6) is 0.152. The Morgan fingerprint density at radius 3 is 2.55 bits per heavy atom. The minimum absolute atomic E-state index is 0.0254. The van der Waals surface area contributed by atoms with Gasteiger partial charge >= 0.3 is 5.69 Å². The molecule has 0 saturated carbocycles. The van der Waals surface area contributed by atoms with Gasteiger partial charge in [-0.1, -0.05) is 29.3 Å². The molecule has 0 saturated heterocycles. The van der Waals surface area contributed by atoms with Crippen molar-refractivity contribution in [2.24, 2.45) is 5.10 Å². The number of fused-ring (bicyclic) bond motifs is 1. The molecular formula is C26H23BrN6O7. The van der Waals surface area contributed by atoms with Gasteiger partial charge in [-0.05, 0) is 37.6 Å². The Labute approximate surface area is 235 Å². The Balaban J connectivity index is 1.79. The molecule has 2 heterocycles. The summed E-state index contributed by atoms with van der Waals surface area (Å²) in [6, 6.07) is 10.3. The minimum atomic E-state index is -0.658. The number of nitro benzene ring substituents is 1. The van der Waals surface area contributed by atoms with Crippen molar-refractivity contribution in [3.8, 4) is 17.4 Å². The summed E-state index contributed by atoms with van der Waals surface area (Å²) in [5.41, 5.74) is -0.283. The molecule has 0 fully saturated rings. The van der Waals surface area contributed by atoms with E-state index in [2.05, 4.69) is 31.0 Å². The van der Waals surface area contributed by atoms with E-state index < -0.39 is 15.5 Å². The van der Waals surface area contributed by atoms with E-state index in [0.717, 1.165) is 19.0 Å². The molecule has 0 N–H and O–H groups in total. The van der Waals surface area contributed by atoms with Crippen LogP contribution in [0.4, 0.5) is 11.4 Å². The van der Waals surface area contributed by atoms with E-state index in [0.29, 0.717) is 27.6 Å². The van der Waals surface area contributed by atoms with E-state index in [1.54, 1.807) is 25.1 Å². The van der Waals surface area contributed by atoms with Crippen LogP contribution in [-0.2, 0) is 6.42 Å². The van der Waals surface area contributed by atoms with Crippen molar-refractivity contribution in [2.45, 2.75) is 33.1 Å². The predicted molar refractivity (Wildman–Crippen MR) is 151 cm³/mol. The van der Waals surface area contributed by atoms with Gasteiger partial charge in [0.25, 0.3) is 11.2 Å². The van der Waals surface area contributed by atoms with Gasteiger partial charge in [0.2, 0.25) is 11.6 Å². The zero-order valence-electron chi connectivity index (χ0n) is 21.4. The summed E-state index contributed by atoms with van der Waals surface area (Å²) in [6.07, 6.45) is 4.46. The van der Waals surface area contributed by atoms with Gasteiger partial charge in [-0.25, -0.2) is 9.97 Å². The maximum atomic E-state index is 13.3. The maximum absolute atomic E-state index is 13.3. The van der Waals surface area contributed by atoms with Crippen LogP contribution in [0, 0.1) is 20.2 Å². The van der Waals surface area contributed by atoms with E-state index in [1.807, 2.05) is 6.92 Å². The third-order valence-electron chi connectivity index (χ3n) is 5.64. The molecule has 0 atom stereocenters. The molecule has 4 aromatic rings. The number of unbranched alkanes of at least 4 members (excludes halogenated alkanes) is 1. The summed E-state index contributed by atoms with van der Waals surface area (Å²) in [6.45, 7) is 3.87. The lowest BCUT2D eigenvalue weighted by Gasteiger charge is -2.12. The van der Waals surface area contributed by atoms with E-state index >= 15 is 0 Å². The highest BCUT2D eigenvalue weighted by Gasteiger charge is 2.24. The predicted octanol–water partition coefficient (Wildman–Crippen LogP) is 5.79. The Morgan fingerprint density at radius 1 is 1.10 bits per heavy atom. The summed E-state index contributed by atoms with van der Waals surface area (Å²) >= 11 is 3.37. The molecule has 14 heteroatoms. The average Bonchev–Trinajstić information content (AvgIpc) is 2.93. The average molecular weight is 611 g/mol. The highest BCUT2D eigenvalue weighted by atomic mass is 79.9. The number of aromatic nitrogens is 3. The Kier molecular flexibility index (Phi) is 8.79. The lowest BCUT2D eigenvalue weighted by atomic mass is 10.2. The number of nitro groups is 2. The number of halogens is 1. The standard InChI is InChI=1S/C26H23BrN6O7/c1-3-5-6-23-30-20-9-7-17(27)13-19(20)26(34)31(23)29-14-16-11-21(33(37)38)25(22(12-16)39-4-2)40-24-10-8-18(15-28-24)32(35)36/h7-15H,3-6H2,1-2H3. The highest BCUT2D eigenvalue weighted by molar-refractivity contribution is 9.10. The van der Waals surface area contributed by atoms with Crippen LogP contribution in [-0.4, -0.2) is 37.3 Å². The van der Waals surface area contributed by atoms with Gasteiger partial charge in [-0.15, -0.1) is 0 Å². The smallest absolute Gasteiger partial charge is 0.316 e. The molecule has 4 rings (SSSR count). The Hall–Kier alpha value is -4.72. The van der Waals surface area contributed by atoms with Crippen LogP contribution in [0.2, 0.25) is 0 Å². The lowest BCUT2D eigenvalue weighted by molar-refractivity contribution is -0.385. The molecule has 0 unspecified atom stereocenters. The van der Waals surface area contributed by atoms with Crippen LogP contribution in [0.15, 0.2) is 63.0 Å². The number of hydrogen-bond acceptors (Lipinski definition) is 10. The first-order valence-corrected chi connectivity index (χ1v) is 13.0. The largest absolute Gasteiger partial charge is 0.490 e. The molecule has 2 aromatic heterocycles. The molecule has 2 aromatic carbocycles. The second-order valence-electron chi connectivity index (χ2n) is 8.43. The monoisotopic (exact) mass is 610 g/mol. The number of ether oxygens (including phenoxy) is 2. The van der Waals surface area contributed by atoms with E-state index in [1.165, 1.54) is 35.2 Å². The molecule has 0 aliphatic carbocycles. The Bertz CT molecular complexity index is 1670. The van der Waals surface area contributed by atoms with Crippen LogP contribution < -0.4 is 15.0 Å². The van der Waals surface area contributed by atoms with E-state index in [4.69, 9.17) is 9.47 Å². The summed E-state index contributed by atoms with van der Waals surface area (Å²) < 4.78 is 13.2. The van der Waals surface area contributed by atoms with Gasteiger partial charge in [-0.2, -0.15) is 9.78 Å². The molecule has 0 radical (unpaired) electrons. The van der Waals surface area contributed by atoms with Crippen molar-refractivity contribution in [3.05, 3.63) is 95.1 Å². The number of rotatable bonds is 11. The van der Waals surface area contributed by atoms with Gasteiger partial charge < -0.3 is 9.47 Å². The molecule has 0 aliphatic rings. The summed E-state index contributed by atoms with van der Waals surface area (Å²) in [7, 11) is 0. The topological polar surface area (TPSA) is 165 Å².